The highest BCUT2D eigenvalue weighted by molar-refractivity contribution is 6.15. The second-order valence-corrected chi connectivity index (χ2v) is 11.2. The van der Waals surface area contributed by atoms with E-state index in [-0.39, 0.29) is 23.6 Å². The third kappa shape index (κ3) is 8.22. The first kappa shape index (κ1) is 31.7. The molecule has 2 N–H and O–H groups in total. The lowest BCUT2D eigenvalue weighted by atomic mass is 9.85. The Morgan fingerprint density at radius 2 is 1.72 bits per heavy atom. The molecular weight excluding hydrogens is 542 g/mol. The van der Waals surface area contributed by atoms with E-state index in [9.17, 15) is 4.79 Å². The first-order valence-corrected chi connectivity index (χ1v) is 14.4. The lowest BCUT2D eigenvalue weighted by Crippen LogP contribution is -2.37. The number of amides is 1. The smallest absolute Gasteiger partial charge is 0.272 e. The molecule has 9 nitrogen and oxygen atoms in total. The molecule has 9 heteroatoms. The second-order valence-electron chi connectivity index (χ2n) is 11.2. The zero-order valence-corrected chi connectivity index (χ0v) is 25.7. The van der Waals surface area contributed by atoms with Crippen LogP contribution in [0, 0.1) is 5.41 Å². The second kappa shape index (κ2) is 14.8. The maximum Gasteiger partial charge on any atom is 0.272 e. The van der Waals surface area contributed by atoms with Crippen molar-refractivity contribution in [3.8, 4) is 5.75 Å². The molecule has 0 fully saturated rings. The number of aliphatic imine (C=N–C) groups is 2. The van der Waals surface area contributed by atoms with Gasteiger partial charge < -0.3 is 24.8 Å². The number of hydrogen-bond acceptors (Lipinski definition) is 8. The zero-order valence-electron chi connectivity index (χ0n) is 25.7. The summed E-state index contributed by atoms with van der Waals surface area (Å²) in [6.45, 7) is 8.64. The summed E-state index contributed by atoms with van der Waals surface area (Å²) in [6, 6.07) is 16.1. The molecule has 0 radical (unpaired) electrons. The molecule has 3 aromatic rings. The molecule has 1 aromatic heterocycles. The van der Waals surface area contributed by atoms with Crippen LogP contribution in [0.25, 0.3) is 22.5 Å². The van der Waals surface area contributed by atoms with E-state index in [2.05, 4.69) is 55.0 Å². The molecule has 0 bridgehead atoms. The summed E-state index contributed by atoms with van der Waals surface area (Å²) in [5, 5.41) is 2.11. The molecule has 0 saturated heterocycles. The van der Waals surface area contributed by atoms with Crippen molar-refractivity contribution >= 4 is 40.4 Å². The van der Waals surface area contributed by atoms with Crippen LogP contribution < -0.4 is 10.5 Å². The molecule has 1 aliphatic heterocycles. The summed E-state index contributed by atoms with van der Waals surface area (Å²) in [5.41, 5.74) is 10.6. The van der Waals surface area contributed by atoms with Crippen molar-refractivity contribution in [3.63, 3.8) is 0 Å². The first-order valence-electron chi connectivity index (χ1n) is 14.4. The average Bonchev–Trinajstić information content (AvgIpc) is 2.97. The van der Waals surface area contributed by atoms with Crippen molar-refractivity contribution in [2.75, 3.05) is 47.1 Å². The molecule has 4 rings (SSSR count). The zero-order chi connectivity index (χ0) is 30.8. The third-order valence-corrected chi connectivity index (χ3v) is 6.94. The topological polar surface area (TPSA) is 112 Å². The summed E-state index contributed by atoms with van der Waals surface area (Å²) >= 11 is 0. The standard InChI is InChI=1S/C34H41N5O4/c1-34(2,3)32-22-29(38-32)27-10-11-31(28-9-7-6-8-26(27)28)43-23-24-12-14-36-25(20-24)21-30(37-15-13-35)33(40)39(16-18-41-4)17-19-42-5/h6-12,14-15,20-22H,13,16-19,23,35H2,1-5H3/b30-21?,37-15-. The van der Waals surface area contributed by atoms with Crippen LogP contribution in [0.15, 0.2) is 76.5 Å². The Morgan fingerprint density at radius 1 is 1.02 bits per heavy atom. The Balaban J connectivity index is 1.54. The number of methoxy groups -OCH3 is 2. The van der Waals surface area contributed by atoms with E-state index in [1.807, 2.05) is 30.3 Å². The van der Waals surface area contributed by atoms with Crippen molar-refractivity contribution in [2.24, 2.45) is 21.1 Å². The molecule has 43 heavy (non-hydrogen) atoms. The van der Waals surface area contributed by atoms with Gasteiger partial charge in [0.25, 0.3) is 5.91 Å². The molecule has 1 amide bonds. The predicted octanol–water partition coefficient (Wildman–Crippen LogP) is 5.15. The molecule has 2 aromatic carbocycles. The molecule has 0 atom stereocenters. The summed E-state index contributed by atoms with van der Waals surface area (Å²) in [5.74, 6) is 0.526. The highest BCUT2D eigenvalue weighted by Gasteiger charge is 2.25. The van der Waals surface area contributed by atoms with Gasteiger partial charge in [0.15, 0.2) is 0 Å². The molecule has 0 saturated carbocycles. The van der Waals surface area contributed by atoms with Gasteiger partial charge in [-0.15, -0.1) is 0 Å². The van der Waals surface area contributed by atoms with E-state index in [0.29, 0.717) is 38.6 Å². The number of nitrogens with two attached hydrogens (primary N) is 1. The van der Waals surface area contributed by atoms with E-state index < -0.39 is 0 Å². The van der Waals surface area contributed by atoms with Crippen molar-refractivity contribution < 1.29 is 19.0 Å². The van der Waals surface area contributed by atoms with E-state index in [1.54, 1.807) is 31.4 Å². The van der Waals surface area contributed by atoms with Gasteiger partial charge in [-0.25, -0.2) is 0 Å². The monoisotopic (exact) mass is 583 g/mol. The highest BCUT2D eigenvalue weighted by atomic mass is 16.5. The van der Waals surface area contributed by atoms with Crippen molar-refractivity contribution in [1.82, 2.24) is 9.88 Å². The lowest BCUT2D eigenvalue weighted by Gasteiger charge is -2.26. The van der Waals surface area contributed by atoms with Crippen molar-refractivity contribution in [1.29, 1.82) is 0 Å². The lowest BCUT2D eigenvalue weighted by molar-refractivity contribution is -0.128. The summed E-state index contributed by atoms with van der Waals surface area (Å²) in [7, 11) is 3.19. The van der Waals surface area contributed by atoms with E-state index in [0.717, 1.165) is 39.1 Å². The fourth-order valence-electron chi connectivity index (χ4n) is 4.55. The Labute approximate surface area is 253 Å². The number of allylic oxidation sites excluding steroid dienone is 1. The average molecular weight is 584 g/mol. The van der Waals surface area contributed by atoms with Crippen LogP contribution in [0.5, 0.6) is 5.75 Å². The van der Waals surface area contributed by atoms with E-state index >= 15 is 0 Å². The summed E-state index contributed by atoms with van der Waals surface area (Å²) in [4.78, 5) is 28.6. The van der Waals surface area contributed by atoms with Crippen LogP contribution in [-0.4, -0.2) is 74.8 Å². The first-order chi connectivity index (χ1) is 20.7. The van der Waals surface area contributed by atoms with Gasteiger partial charge in [-0.05, 0) is 47.4 Å². The minimum Gasteiger partial charge on any atom is -0.488 e. The SMILES string of the molecule is COCCN(CCOC)C(=O)C(=Cc1cc(COc2ccc(C3=CC(C(C)(C)C)=N3)c3ccccc23)ccn1)/N=C\CN. The van der Waals surface area contributed by atoms with Gasteiger partial charge in [-0.1, -0.05) is 45.0 Å². The quantitative estimate of drug-likeness (QED) is 0.208. The molecular formula is C34H41N5O4. The van der Waals surface area contributed by atoms with Gasteiger partial charge in [0, 0.05) is 68.3 Å². The largest absolute Gasteiger partial charge is 0.488 e. The maximum absolute atomic E-state index is 13.4. The number of nitrogens with zero attached hydrogens (tertiary/aromatic N) is 4. The van der Waals surface area contributed by atoms with E-state index in [1.165, 1.54) is 6.21 Å². The minimum absolute atomic E-state index is 0.0269. The van der Waals surface area contributed by atoms with E-state index in [4.69, 9.17) is 24.9 Å². The molecule has 2 heterocycles. The number of aromatic nitrogens is 1. The Morgan fingerprint density at radius 3 is 2.37 bits per heavy atom. The fourth-order valence-corrected chi connectivity index (χ4v) is 4.55. The number of rotatable bonds is 14. The number of carbonyl (C=O) groups is 1. The summed E-state index contributed by atoms with van der Waals surface area (Å²) in [6.07, 6.45) is 7.03. The third-order valence-electron chi connectivity index (χ3n) is 6.94. The normalized spacial score (nSPS) is 13.6. The predicted molar refractivity (Wildman–Crippen MR) is 173 cm³/mol. The van der Waals surface area contributed by atoms with Crippen molar-refractivity contribution in [3.05, 3.63) is 83.3 Å². The minimum atomic E-state index is -0.255. The number of fused-ring (bicyclic) bond motifs is 1. The van der Waals surface area contributed by atoms with Crippen LogP contribution >= 0.6 is 0 Å². The number of pyridine rings is 1. The van der Waals surface area contributed by atoms with Gasteiger partial charge in [0.1, 0.15) is 18.1 Å². The van der Waals surface area contributed by atoms with Crippen LogP contribution in [-0.2, 0) is 20.9 Å². The Kier molecular flexibility index (Phi) is 10.9. The van der Waals surface area contributed by atoms with Crippen LogP contribution in [0.3, 0.4) is 0 Å². The van der Waals surface area contributed by atoms with Gasteiger partial charge in [0.2, 0.25) is 0 Å². The van der Waals surface area contributed by atoms with Crippen LogP contribution in [0.1, 0.15) is 37.6 Å². The molecule has 1 aliphatic rings. The van der Waals surface area contributed by atoms with Gasteiger partial charge in [-0.3, -0.25) is 19.8 Å². The molecule has 0 spiro atoms. The van der Waals surface area contributed by atoms with Crippen molar-refractivity contribution in [2.45, 2.75) is 27.4 Å². The van der Waals surface area contributed by atoms with Gasteiger partial charge in [-0.2, -0.15) is 0 Å². The molecule has 0 aliphatic carbocycles. The maximum atomic E-state index is 13.4. The number of hydrogen-bond donors (Lipinski definition) is 1. The van der Waals surface area contributed by atoms with Crippen LogP contribution in [0.4, 0.5) is 0 Å². The number of carbonyl (C=O) groups excluding carboxylic acids is 1. The highest BCUT2D eigenvalue weighted by Crippen LogP contribution is 2.37. The Bertz CT molecular complexity index is 1540. The number of benzene rings is 2. The Hall–Kier alpha value is -4.18. The fraction of sp³-hybridized carbons (Fsp3) is 0.353. The summed E-state index contributed by atoms with van der Waals surface area (Å²) < 4.78 is 16.7. The van der Waals surface area contributed by atoms with Gasteiger partial charge in [0.05, 0.1) is 24.6 Å². The molecule has 226 valence electrons. The van der Waals surface area contributed by atoms with Crippen LogP contribution in [0.2, 0.25) is 0 Å². The van der Waals surface area contributed by atoms with Gasteiger partial charge >= 0.3 is 0 Å². The molecule has 0 unspecified atom stereocenters. The number of ether oxygens (including phenoxy) is 3.